The molecule has 1 unspecified atom stereocenters. The largest absolute Gasteiger partial charge is 0.385 e. The molecule has 0 aliphatic carbocycles. The quantitative estimate of drug-likeness (QED) is 0.557. The molecule has 3 aromatic heterocycles. The number of thiazole rings is 1. The number of benzene rings is 1. The first kappa shape index (κ1) is 18.3. The lowest BCUT2D eigenvalue weighted by Gasteiger charge is -2.25. The van der Waals surface area contributed by atoms with Crippen molar-refractivity contribution in [2.75, 3.05) is 31.2 Å². The van der Waals surface area contributed by atoms with Crippen LogP contribution < -0.4 is 4.90 Å². The fraction of sp³-hybridized carbons (Fsp3) is 0.350. The van der Waals surface area contributed by atoms with Crippen molar-refractivity contribution in [3.8, 4) is 16.4 Å². The third-order valence-electron chi connectivity index (χ3n) is 5.19. The molecule has 0 bridgehead atoms. The van der Waals surface area contributed by atoms with E-state index in [-0.39, 0.29) is 0 Å². The molecule has 1 N–H and O–H groups in total. The molecule has 1 atom stereocenters. The van der Waals surface area contributed by atoms with Crippen LogP contribution in [0.25, 0.3) is 27.4 Å². The highest BCUT2D eigenvalue weighted by Crippen LogP contribution is 2.32. The van der Waals surface area contributed by atoms with E-state index in [2.05, 4.69) is 19.9 Å². The number of hydrogen-bond acceptors (Lipinski definition) is 7. The number of aromatic nitrogens is 5. The Morgan fingerprint density at radius 3 is 2.83 bits per heavy atom. The molecule has 1 saturated heterocycles. The van der Waals surface area contributed by atoms with Crippen molar-refractivity contribution >= 4 is 27.5 Å². The highest BCUT2D eigenvalue weighted by atomic mass is 32.1. The Hall–Kier alpha value is -2.75. The van der Waals surface area contributed by atoms with E-state index in [1.807, 2.05) is 46.8 Å². The zero-order chi connectivity index (χ0) is 20.0. The molecule has 8 nitrogen and oxygen atoms in total. The molecular formula is C20H22N6O2S. The molecule has 150 valence electrons. The maximum Gasteiger partial charge on any atom is 0.186 e. The molecule has 1 aliphatic rings. The van der Waals surface area contributed by atoms with E-state index < -0.39 is 6.10 Å². The Kier molecular flexibility index (Phi) is 4.57. The van der Waals surface area contributed by atoms with Gasteiger partial charge in [0, 0.05) is 38.2 Å². The summed E-state index contributed by atoms with van der Waals surface area (Å²) < 4.78 is 9.41. The van der Waals surface area contributed by atoms with Gasteiger partial charge in [-0.1, -0.05) is 11.3 Å². The lowest BCUT2D eigenvalue weighted by Crippen LogP contribution is -2.36. The van der Waals surface area contributed by atoms with Crippen LogP contribution >= 0.6 is 11.3 Å². The standard InChI is InChI=1S/C20H22N6O2S/c1-13(27)18-23-15-11-14(3-4-16(15)24(18)2)26-6-5-21-19(26)17-12-22-20(29-17)25-7-9-28-10-8-25/h3-6,11-13,27H,7-10H2,1-2H3. The minimum atomic E-state index is -0.615. The third kappa shape index (κ3) is 3.21. The van der Waals surface area contributed by atoms with Crippen molar-refractivity contribution in [3.05, 3.63) is 42.6 Å². The normalized spacial score (nSPS) is 15.9. The molecule has 1 aliphatic heterocycles. The van der Waals surface area contributed by atoms with Crippen LogP contribution in [0.15, 0.2) is 36.8 Å². The molecule has 9 heteroatoms. The first-order chi connectivity index (χ1) is 14.1. The summed E-state index contributed by atoms with van der Waals surface area (Å²) >= 11 is 1.64. The van der Waals surface area contributed by atoms with E-state index in [9.17, 15) is 5.11 Å². The number of rotatable bonds is 4. The van der Waals surface area contributed by atoms with E-state index >= 15 is 0 Å². The SMILES string of the molecule is CC(O)c1nc2cc(-n3ccnc3-c3cnc(N4CCOCC4)s3)ccc2n1C. The minimum absolute atomic E-state index is 0.615. The Labute approximate surface area is 172 Å². The van der Waals surface area contributed by atoms with E-state index in [0.29, 0.717) is 5.82 Å². The van der Waals surface area contributed by atoms with Gasteiger partial charge in [0.05, 0.1) is 35.3 Å². The maximum atomic E-state index is 9.95. The van der Waals surface area contributed by atoms with Crippen LogP contribution in [0.2, 0.25) is 0 Å². The predicted octanol–water partition coefficient (Wildman–Crippen LogP) is 2.77. The summed E-state index contributed by atoms with van der Waals surface area (Å²) in [5.41, 5.74) is 2.80. The number of anilines is 1. The van der Waals surface area contributed by atoms with Gasteiger partial charge < -0.3 is 19.3 Å². The van der Waals surface area contributed by atoms with Gasteiger partial charge in [-0.25, -0.2) is 15.0 Å². The number of nitrogens with zero attached hydrogens (tertiary/aromatic N) is 6. The van der Waals surface area contributed by atoms with Gasteiger partial charge in [-0.2, -0.15) is 0 Å². The van der Waals surface area contributed by atoms with Gasteiger partial charge in [-0.3, -0.25) is 4.57 Å². The topological polar surface area (TPSA) is 81.2 Å². The average molecular weight is 411 g/mol. The monoisotopic (exact) mass is 410 g/mol. The molecule has 5 rings (SSSR count). The molecule has 1 fully saturated rings. The Morgan fingerprint density at radius 1 is 1.21 bits per heavy atom. The van der Waals surface area contributed by atoms with Crippen molar-refractivity contribution in [1.29, 1.82) is 0 Å². The molecule has 4 aromatic rings. The molecule has 0 spiro atoms. The van der Waals surface area contributed by atoms with Gasteiger partial charge in [-0.05, 0) is 25.1 Å². The number of aliphatic hydroxyl groups excluding tert-OH is 1. The van der Waals surface area contributed by atoms with Gasteiger partial charge in [-0.15, -0.1) is 0 Å². The number of ether oxygens (including phenoxy) is 1. The van der Waals surface area contributed by atoms with Gasteiger partial charge in [0.2, 0.25) is 0 Å². The summed E-state index contributed by atoms with van der Waals surface area (Å²) in [7, 11) is 1.92. The average Bonchev–Trinajstić information content (AvgIpc) is 3.47. The summed E-state index contributed by atoms with van der Waals surface area (Å²) in [5.74, 6) is 1.51. The maximum absolute atomic E-state index is 9.95. The second kappa shape index (κ2) is 7.25. The summed E-state index contributed by atoms with van der Waals surface area (Å²) in [5, 5.41) is 10.9. The van der Waals surface area contributed by atoms with Crippen molar-refractivity contribution < 1.29 is 9.84 Å². The second-order valence-electron chi connectivity index (χ2n) is 7.11. The van der Waals surface area contributed by atoms with E-state index in [1.54, 1.807) is 24.5 Å². The Morgan fingerprint density at radius 2 is 2.03 bits per heavy atom. The van der Waals surface area contributed by atoms with Crippen LogP contribution in [0.4, 0.5) is 5.13 Å². The van der Waals surface area contributed by atoms with Crippen molar-refractivity contribution in [1.82, 2.24) is 24.1 Å². The molecule has 1 aromatic carbocycles. The second-order valence-corrected chi connectivity index (χ2v) is 8.11. The number of imidazole rings is 2. The van der Waals surface area contributed by atoms with Crippen LogP contribution in [0.5, 0.6) is 0 Å². The summed E-state index contributed by atoms with van der Waals surface area (Å²) in [4.78, 5) is 17.1. The highest BCUT2D eigenvalue weighted by Gasteiger charge is 2.18. The van der Waals surface area contributed by atoms with Gasteiger partial charge >= 0.3 is 0 Å². The lowest BCUT2D eigenvalue weighted by molar-refractivity contribution is 0.122. The number of morpholine rings is 1. The van der Waals surface area contributed by atoms with Gasteiger partial charge in [0.15, 0.2) is 11.0 Å². The molecule has 0 radical (unpaired) electrons. The van der Waals surface area contributed by atoms with Gasteiger partial charge in [0.25, 0.3) is 0 Å². The van der Waals surface area contributed by atoms with E-state index in [1.165, 1.54) is 0 Å². The summed E-state index contributed by atoms with van der Waals surface area (Å²) in [6, 6.07) is 6.10. The fourth-order valence-electron chi connectivity index (χ4n) is 3.69. The number of aryl methyl sites for hydroxylation is 1. The third-order valence-corrected chi connectivity index (χ3v) is 6.24. The molecule has 0 amide bonds. The number of aliphatic hydroxyl groups is 1. The van der Waals surface area contributed by atoms with E-state index in [4.69, 9.17) is 4.74 Å². The first-order valence-electron chi connectivity index (χ1n) is 9.59. The van der Waals surface area contributed by atoms with Crippen molar-refractivity contribution in [3.63, 3.8) is 0 Å². The summed E-state index contributed by atoms with van der Waals surface area (Å²) in [6.45, 7) is 4.93. The molecule has 29 heavy (non-hydrogen) atoms. The zero-order valence-corrected chi connectivity index (χ0v) is 17.1. The number of fused-ring (bicyclic) bond motifs is 1. The fourth-order valence-corrected chi connectivity index (χ4v) is 4.66. The van der Waals surface area contributed by atoms with Crippen LogP contribution in [0.1, 0.15) is 18.9 Å². The smallest absolute Gasteiger partial charge is 0.186 e. The van der Waals surface area contributed by atoms with E-state index in [0.717, 1.165) is 58.9 Å². The van der Waals surface area contributed by atoms with Crippen molar-refractivity contribution in [2.24, 2.45) is 7.05 Å². The van der Waals surface area contributed by atoms with Gasteiger partial charge in [0.1, 0.15) is 11.9 Å². The van der Waals surface area contributed by atoms with Crippen molar-refractivity contribution in [2.45, 2.75) is 13.0 Å². The molecule has 0 saturated carbocycles. The van der Waals surface area contributed by atoms with Crippen LogP contribution in [-0.4, -0.2) is 55.5 Å². The number of hydrogen-bond donors (Lipinski definition) is 1. The minimum Gasteiger partial charge on any atom is -0.385 e. The highest BCUT2D eigenvalue weighted by molar-refractivity contribution is 7.18. The van der Waals surface area contributed by atoms with Crippen LogP contribution in [0.3, 0.4) is 0 Å². The molecular weight excluding hydrogens is 388 g/mol. The summed E-state index contributed by atoms with van der Waals surface area (Å²) in [6.07, 6.45) is 5.02. The zero-order valence-electron chi connectivity index (χ0n) is 16.3. The first-order valence-corrected chi connectivity index (χ1v) is 10.4. The molecule has 4 heterocycles. The van der Waals surface area contributed by atoms with Crippen LogP contribution in [-0.2, 0) is 11.8 Å². The predicted molar refractivity (Wildman–Crippen MR) is 113 cm³/mol. The lowest BCUT2D eigenvalue weighted by atomic mass is 10.2. The Bertz CT molecular complexity index is 1160. The Balaban J connectivity index is 1.51. The van der Waals surface area contributed by atoms with Crippen LogP contribution in [0, 0.1) is 0 Å².